The van der Waals surface area contributed by atoms with Crippen LogP contribution in [-0.4, -0.2) is 5.75 Å². The van der Waals surface area contributed by atoms with E-state index in [4.69, 9.17) is 0 Å². The fourth-order valence-corrected chi connectivity index (χ4v) is 6.72. The van der Waals surface area contributed by atoms with E-state index in [-0.39, 0.29) is 0 Å². The molecule has 0 amide bonds. The smallest absolute Gasteiger partial charge is 0.0166 e. The molecule has 235 valence electrons. The molecule has 0 aliphatic carbocycles. The van der Waals surface area contributed by atoms with Crippen molar-refractivity contribution in [1.29, 1.82) is 0 Å². The van der Waals surface area contributed by atoms with Crippen LogP contribution in [0.4, 0.5) is 0 Å². The zero-order chi connectivity index (χ0) is 28.2. The summed E-state index contributed by atoms with van der Waals surface area (Å²) in [6.07, 6.45) is 49.7. The molecule has 0 atom stereocenters. The highest BCUT2D eigenvalue weighted by Crippen LogP contribution is 2.18. The third kappa shape index (κ3) is 38.4. The Labute approximate surface area is 254 Å². The molecule has 0 aromatic rings. The van der Waals surface area contributed by atoms with Gasteiger partial charge in [-0.3, -0.25) is 0 Å². The minimum Gasteiger partial charge on any atom is -0.157 e. The van der Waals surface area contributed by atoms with Gasteiger partial charge in [0.15, 0.2) is 0 Å². The van der Waals surface area contributed by atoms with E-state index in [1.807, 2.05) is 0 Å². The third-order valence-corrected chi connectivity index (χ3v) is 9.65. The molecule has 1 radical (unpaired) electrons. The Kier molecular flexibility index (Phi) is 38.7. The Balaban J connectivity index is 3.01. The van der Waals surface area contributed by atoms with Crippen LogP contribution in [0.5, 0.6) is 0 Å². The maximum Gasteiger partial charge on any atom is 0.0166 e. The number of unbranched alkanes of at least 4 members (excludes halogenated alkanes) is 32. The summed E-state index contributed by atoms with van der Waals surface area (Å²) < 4.78 is 0. The van der Waals surface area contributed by atoms with Crippen molar-refractivity contribution in [2.24, 2.45) is 0 Å². The lowest BCUT2D eigenvalue weighted by Gasteiger charge is -2.04. The summed E-state index contributed by atoms with van der Waals surface area (Å²) in [5.41, 5.74) is 0. The van der Waals surface area contributed by atoms with Crippen LogP contribution >= 0.6 is 11.8 Å². The summed E-state index contributed by atoms with van der Waals surface area (Å²) in [4.78, 5) is 0. The van der Waals surface area contributed by atoms with Gasteiger partial charge in [-0.05, 0) is 18.6 Å². The summed E-state index contributed by atoms with van der Waals surface area (Å²) in [6.45, 7) is 4.61. The molecule has 0 aromatic heterocycles. The zero-order valence-electron chi connectivity index (χ0n) is 27.7. The molecule has 1 heteroatoms. The SMILES string of the molecule is CCCCCCCCCCCCCCCCCCCCC[CH]SCCCCCCCCCCCCCCCC. The van der Waals surface area contributed by atoms with Crippen LogP contribution in [0, 0.1) is 5.75 Å². The predicted molar refractivity (Wildman–Crippen MR) is 185 cm³/mol. The van der Waals surface area contributed by atoms with E-state index in [0.717, 1.165) is 0 Å². The van der Waals surface area contributed by atoms with Crippen LogP contribution < -0.4 is 0 Å². The summed E-state index contributed by atoms with van der Waals surface area (Å²) in [5.74, 6) is 3.87. The van der Waals surface area contributed by atoms with Gasteiger partial charge in [0.1, 0.15) is 0 Å². The average molecular weight is 566 g/mol. The normalized spacial score (nSPS) is 11.5. The molecule has 0 aliphatic heterocycles. The summed E-state index contributed by atoms with van der Waals surface area (Å²) in [5, 5.41) is 0. The first-order valence-corrected chi connectivity index (χ1v) is 19.9. The van der Waals surface area contributed by atoms with Crippen molar-refractivity contribution in [2.75, 3.05) is 5.75 Å². The number of thioether (sulfide) groups is 1. The average Bonchev–Trinajstić information content (AvgIpc) is 2.95. The van der Waals surface area contributed by atoms with Crippen molar-refractivity contribution >= 4 is 11.8 Å². The number of rotatable bonds is 36. The molecule has 0 nitrogen and oxygen atoms in total. The van der Waals surface area contributed by atoms with Crippen LogP contribution in [-0.2, 0) is 0 Å². The summed E-state index contributed by atoms with van der Waals surface area (Å²) >= 11 is 2.10. The first-order chi connectivity index (χ1) is 19.4. The Hall–Kier alpha value is 0.350. The van der Waals surface area contributed by atoms with E-state index in [1.165, 1.54) is 224 Å². The lowest BCUT2D eigenvalue weighted by atomic mass is 10.0. The van der Waals surface area contributed by atoms with Gasteiger partial charge in [-0.15, -0.1) is 0 Å². The Morgan fingerprint density at radius 2 is 0.513 bits per heavy atom. The minimum absolute atomic E-state index is 1.34. The maximum absolute atomic E-state index is 2.51. The molecule has 0 spiro atoms. The van der Waals surface area contributed by atoms with Crippen LogP contribution in [0.25, 0.3) is 0 Å². The van der Waals surface area contributed by atoms with Gasteiger partial charge >= 0.3 is 0 Å². The fraction of sp³-hybridized carbons (Fsp3) is 0.974. The van der Waals surface area contributed by atoms with Crippen molar-refractivity contribution < 1.29 is 0 Å². The molecule has 0 aliphatic rings. The molecule has 0 N–H and O–H groups in total. The first-order valence-electron chi connectivity index (χ1n) is 18.8. The van der Waals surface area contributed by atoms with Crippen molar-refractivity contribution in [3.8, 4) is 0 Å². The molecular formula is C38H77S. The first kappa shape index (κ1) is 39.4. The van der Waals surface area contributed by atoms with Crippen LogP contribution in [0.15, 0.2) is 0 Å². The summed E-state index contributed by atoms with van der Waals surface area (Å²) in [7, 11) is 0. The standard InChI is InChI=1S/C38H77S/c1-3-5-7-9-11-13-15-17-19-20-21-22-23-24-26-28-30-32-34-36-38-39-37-35-33-31-29-27-25-18-16-14-12-10-8-6-4-2/h38H,3-37H2,1-2H3. The Morgan fingerprint density at radius 3 is 0.795 bits per heavy atom. The third-order valence-electron chi connectivity index (χ3n) is 8.66. The predicted octanol–water partition coefficient (Wildman–Crippen LogP) is 15.2. The minimum atomic E-state index is 1.34. The molecule has 0 fully saturated rings. The van der Waals surface area contributed by atoms with Gasteiger partial charge in [0, 0.05) is 5.75 Å². The topological polar surface area (TPSA) is 0 Å². The zero-order valence-corrected chi connectivity index (χ0v) is 28.6. The highest BCUT2D eigenvalue weighted by atomic mass is 32.2. The van der Waals surface area contributed by atoms with Gasteiger partial charge in [-0.1, -0.05) is 219 Å². The van der Waals surface area contributed by atoms with E-state index in [0.29, 0.717) is 0 Å². The van der Waals surface area contributed by atoms with Gasteiger partial charge in [-0.2, -0.15) is 11.8 Å². The van der Waals surface area contributed by atoms with Crippen LogP contribution in [0.1, 0.15) is 232 Å². The largest absolute Gasteiger partial charge is 0.157 e. The van der Waals surface area contributed by atoms with E-state index >= 15 is 0 Å². The second kappa shape index (κ2) is 38.4. The van der Waals surface area contributed by atoms with E-state index < -0.39 is 0 Å². The van der Waals surface area contributed by atoms with Gasteiger partial charge in [0.05, 0.1) is 0 Å². The van der Waals surface area contributed by atoms with E-state index in [1.54, 1.807) is 0 Å². The van der Waals surface area contributed by atoms with E-state index in [9.17, 15) is 0 Å². The monoisotopic (exact) mass is 566 g/mol. The molecule has 0 saturated heterocycles. The molecule has 0 saturated carbocycles. The van der Waals surface area contributed by atoms with E-state index in [2.05, 4.69) is 31.4 Å². The quantitative estimate of drug-likeness (QED) is 0.0681. The number of hydrogen-bond acceptors (Lipinski definition) is 1. The molecular weight excluding hydrogens is 488 g/mol. The van der Waals surface area contributed by atoms with Crippen molar-refractivity contribution in [1.82, 2.24) is 0 Å². The van der Waals surface area contributed by atoms with Gasteiger partial charge in [-0.25, -0.2) is 0 Å². The number of hydrogen-bond donors (Lipinski definition) is 0. The molecule has 0 bridgehead atoms. The molecule has 0 aromatic carbocycles. The van der Waals surface area contributed by atoms with Crippen molar-refractivity contribution in [2.45, 2.75) is 232 Å². The molecule has 0 unspecified atom stereocenters. The molecule has 39 heavy (non-hydrogen) atoms. The second-order valence-corrected chi connectivity index (χ2v) is 13.9. The van der Waals surface area contributed by atoms with Gasteiger partial charge in [0.2, 0.25) is 0 Å². The van der Waals surface area contributed by atoms with Crippen molar-refractivity contribution in [3.63, 3.8) is 0 Å². The van der Waals surface area contributed by atoms with Crippen LogP contribution in [0.3, 0.4) is 0 Å². The van der Waals surface area contributed by atoms with Crippen molar-refractivity contribution in [3.05, 3.63) is 5.75 Å². The highest BCUT2D eigenvalue weighted by Gasteiger charge is 1.97. The maximum atomic E-state index is 2.51. The van der Waals surface area contributed by atoms with Gasteiger partial charge in [0.25, 0.3) is 0 Å². The lowest BCUT2D eigenvalue weighted by Crippen LogP contribution is -1.85. The molecule has 0 heterocycles. The summed E-state index contributed by atoms with van der Waals surface area (Å²) in [6, 6.07) is 0. The van der Waals surface area contributed by atoms with Gasteiger partial charge < -0.3 is 0 Å². The molecule has 0 rings (SSSR count). The second-order valence-electron chi connectivity index (χ2n) is 12.8. The fourth-order valence-electron chi connectivity index (χ4n) is 5.85. The lowest BCUT2D eigenvalue weighted by molar-refractivity contribution is 0.523. The highest BCUT2D eigenvalue weighted by molar-refractivity contribution is 8.01. The Morgan fingerprint density at radius 1 is 0.282 bits per heavy atom. The Bertz CT molecular complexity index is 356. The van der Waals surface area contributed by atoms with Crippen LogP contribution in [0.2, 0.25) is 0 Å².